The molecule has 22 heavy (non-hydrogen) atoms. The topological polar surface area (TPSA) is 0 Å². The fourth-order valence-corrected chi connectivity index (χ4v) is 3.42. The first kappa shape index (κ1) is 19.3. The van der Waals surface area contributed by atoms with Gasteiger partial charge in [0.15, 0.2) is 0 Å². The highest BCUT2D eigenvalue weighted by Crippen LogP contribution is 2.42. The van der Waals surface area contributed by atoms with Crippen LogP contribution in [0.3, 0.4) is 0 Å². The molecular formula is C19H29F2P. The third-order valence-corrected chi connectivity index (χ3v) is 4.93. The summed E-state index contributed by atoms with van der Waals surface area (Å²) in [4.78, 5) is 0. The highest BCUT2D eigenvalue weighted by molar-refractivity contribution is 7.17. The lowest BCUT2D eigenvalue weighted by Gasteiger charge is -2.35. The standard InChI is InChI=1S/C19H29F2P/c1-5-8-9-15(4)18(7-3,14-6-2)16-10-12-17(13-11-16)19(20,21)22/h9-13H,5-8,14,22H2,1-4H3/b15-9+. The first-order valence-corrected chi connectivity index (χ1v) is 8.84. The third-order valence-electron chi connectivity index (χ3n) is 4.60. The number of halogens is 2. The lowest BCUT2D eigenvalue weighted by atomic mass is 9.69. The summed E-state index contributed by atoms with van der Waals surface area (Å²) in [5.41, 5.74) is -0.314. The van der Waals surface area contributed by atoms with Gasteiger partial charge in [0.05, 0.1) is 0 Å². The highest BCUT2D eigenvalue weighted by Gasteiger charge is 2.32. The first-order valence-electron chi connectivity index (χ1n) is 8.26. The number of allylic oxidation sites excluding steroid dienone is 2. The van der Waals surface area contributed by atoms with Crippen LogP contribution in [0.4, 0.5) is 8.78 Å². The van der Waals surface area contributed by atoms with E-state index in [4.69, 9.17) is 0 Å². The summed E-state index contributed by atoms with van der Waals surface area (Å²) in [5.74, 6) is 0. The molecule has 0 radical (unpaired) electrons. The molecule has 2 atom stereocenters. The summed E-state index contributed by atoms with van der Waals surface area (Å²) in [5, 5.41) is 0. The second-order valence-electron chi connectivity index (χ2n) is 6.06. The van der Waals surface area contributed by atoms with Crippen molar-refractivity contribution in [1.29, 1.82) is 0 Å². The zero-order valence-corrected chi connectivity index (χ0v) is 15.4. The van der Waals surface area contributed by atoms with Crippen molar-refractivity contribution in [3.63, 3.8) is 0 Å². The number of benzene rings is 1. The van der Waals surface area contributed by atoms with Crippen LogP contribution in [0.25, 0.3) is 0 Å². The van der Waals surface area contributed by atoms with Gasteiger partial charge in [-0.1, -0.05) is 78.8 Å². The predicted molar refractivity (Wildman–Crippen MR) is 95.6 cm³/mol. The van der Waals surface area contributed by atoms with E-state index in [1.807, 2.05) is 12.1 Å². The van der Waals surface area contributed by atoms with Crippen molar-refractivity contribution >= 4 is 9.24 Å². The van der Waals surface area contributed by atoms with Crippen molar-refractivity contribution in [2.24, 2.45) is 0 Å². The minimum absolute atomic E-state index is 0.0291. The van der Waals surface area contributed by atoms with Crippen LogP contribution >= 0.6 is 9.24 Å². The van der Waals surface area contributed by atoms with Crippen LogP contribution in [0.2, 0.25) is 0 Å². The van der Waals surface area contributed by atoms with Gasteiger partial charge in [0, 0.05) is 11.0 Å². The van der Waals surface area contributed by atoms with Crippen molar-refractivity contribution in [3.05, 3.63) is 47.0 Å². The summed E-state index contributed by atoms with van der Waals surface area (Å²) >= 11 is 0. The molecule has 0 nitrogen and oxygen atoms in total. The van der Waals surface area contributed by atoms with Gasteiger partial charge in [-0.2, -0.15) is 8.78 Å². The third kappa shape index (κ3) is 4.38. The molecular weight excluding hydrogens is 297 g/mol. The fourth-order valence-electron chi connectivity index (χ4n) is 3.22. The SMILES string of the molecule is CCC/C=C(\C)C(CC)(CCC)c1ccc(C(F)(F)P)cc1. The van der Waals surface area contributed by atoms with E-state index in [0.717, 1.165) is 37.7 Å². The zero-order valence-electron chi connectivity index (χ0n) is 14.3. The monoisotopic (exact) mass is 326 g/mol. The van der Waals surface area contributed by atoms with E-state index in [1.165, 1.54) is 5.57 Å². The Balaban J connectivity index is 3.27. The van der Waals surface area contributed by atoms with Crippen LogP contribution in [0.5, 0.6) is 0 Å². The lowest BCUT2D eigenvalue weighted by Crippen LogP contribution is -2.27. The quantitative estimate of drug-likeness (QED) is 0.364. The Morgan fingerprint density at radius 1 is 1.05 bits per heavy atom. The van der Waals surface area contributed by atoms with Gasteiger partial charge in [-0.05, 0) is 31.7 Å². The molecule has 0 saturated carbocycles. The van der Waals surface area contributed by atoms with Crippen molar-refractivity contribution in [2.75, 3.05) is 0 Å². The van der Waals surface area contributed by atoms with E-state index < -0.39 is 5.66 Å². The van der Waals surface area contributed by atoms with E-state index >= 15 is 0 Å². The lowest BCUT2D eigenvalue weighted by molar-refractivity contribution is 0.104. The molecule has 0 N–H and O–H groups in total. The second-order valence-corrected chi connectivity index (χ2v) is 6.79. The molecule has 0 bridgehead atoms. The number of alkyl halides is 2. The predicted octanol–water partition coefficient (Wildman–Crippen LogP) is 6.81. The van der Waals surface area contributed by atoms with Crippen LogP contribution < -0.4 is 0 Å². The Bertz CT molecular complexity index is 485. The molecule has 0 aliphatic rings. The molecule has 0 amide bonds. The largest absolute Gasteiger partial charge is 0.283 e. The van der Waals surface area contributed by atoms with Gasteiger partial charge in [-0.15, -0.1) is 0 Å². The molecule has 0 heterocycles. The fraction of sp³-hybridized carbons (Fsp3) is 0.579. The number of hydrogen-bond acceptors (Lipinski definition) is 0. The maximum absolute atomic E-state index is 13.4. The van der Waals surface area contributed by atoms with Crippen molar-refractivity contribution in [1.82, 2.24) is 0 Å². The number of hydrogen-bond donors (Lipinski definition) is 0. The van der Waals surface area contributed by atoms with E-state index in [1.54, 1.807) is 21.4 Å². The molecule has 3 heteroatoms. The first-order chi connectivity index (χ1) is 10.3. The Kier molecular flexibility index (Phi) is 7.19. The molecule has 124 valence electrons. The van der Waals surface area contributed by atoms with E-state index in [9.17, 15) is 8.78 Å². The summed E-state index contributed by atoms with van der Waals surface area (Å²) in [6.07, 6.45) is 7.63. The maximum Gasteiger partial charge on any atom is 0.283 e. The van der Waals surface area contributed by atoms with Gasteiger partial charge in [-0.3, -0.25) is 0 Å². The normalized spacial score (nSPS) is 15.7. The number of rotatable bonds is 8. The van der Waals surface area contributed by atoms with Gasteiger partial charge in [-0.25, -0.2) is 0 Å². The van der Waals surface area contributed by atoms with Gasteiger partial charge < -0.3 is 0 Å². The second kappa shape index (κ2) is 8.20. The molecule has 1 aromatic rings. The van der Waals surface area contributed by atoms with Crippen LogP contribution in [-0.2, 0) is 11.1 Å². The average Bonchev–Trinajstić information content (AvgIpc) is 2.49. The van der Waals surface area contributed by atoms with E-state index in [-0.39, 0.29) is 11.0 Å². The smallest absolute Gasteiger partial charge is 0.197 e. The van der Waals surface area contributed by atoms with E-state index in [2.05, 4.69) is 33.8 Å². The van der Waals surface area contributed by atoms with Gasteiger partial charge >= 0.3 is 0 Å². The summed E-state index contributed by atoms with van der Waals surface area (Å²) in [7, 11) is 1.61. The van der Waals surface area contributed by atoms with Gasteiger partial charge in [0.1, 0.15) is 0 Å². The minimum atomic E-state index is -2.86. The molecule has 2 unspecified atom stereocenters. The van der Waals surface area contributed by atoms with Gasteiger partial charge in [0.2, 0.25) is 0 Å². The Labute approximate surface area is 136 Å². The van der Waals surface area contributed by atoms with Crippen molar-refractivity contribution in [2.45, 2.75) is 70.9 Å². The summed E-state index contributed by atoms with van der Waals surface area (Å²) < 4.78 is 26.8. The molecule has 0 fully saturated rings. The summed E-state index contributed by atoms with van der Waals surface area (Å²) in [6, 6.07) is 6.90. The molecule has 0 spiro atoms. The maximum atomic E-state index is 13.4. The molecule has 0 aliphatic heterocycles. The van der Waals surface area contributed by atoms with Crippen LogP contribution in [-0.4, -0.2) is 0 Å². The Hall–Kier alpha value is -0.750. The van der Waals surface area contributed by atoms with Gasteiger partial charge in [0.25, 0.3) is 5.66 Å². The highest BCUT2D eigenvalue weighted by atomic mass is 31.0. The number of unbranched alkanes of at least 4 members (excludes halogenated alkanes) is 1. The molecule has 0 saturated heterocycles. The molecule has 0 aromatic heterocycles. The van der Waals surface area contributed by atoms with Crippen LogP contribution in [0.15, 0.2) is 35.9 Å². The van der Waals surface area contributed by atoms with Crippen LogP contribution in [0, 0.1) is 0 Å². The summed E-state index contributed by atoms with van der Waals surface area (Å²) in [6.45, 7) is 8.74. The Morgan fingerprint density at radius 3 is 2.00 bits per heavy atom. The van der Waals surface area contributed by atoms with E-state index in [0.29, 0.717) is 0 Å². The van der Waals surface area contributed by atoms with Crippen molar-refractivity contribution < 1.29 is 8.78 Å². The van der Waals surface area contributed by atoms with Crippen LogP contribution in [0.1, 0.15) is 70.9 Å². The molecule has 1 rings (SSSR count). The average molecular weight is 326 g/mol. The van der Waals surface area contributed by atoms with Crippen molar-refractivity contribution in [3.8, 4) is 0 Å². The minimum Gasteiger partial charge on any atom is -0.197 e. The Morgan fingerprint density at radius 2 is 1.59 bits per heavy atom. The molecule has 1 aromatic carbocycles. The zero-order chi connectivity index (χ0) is 16.8. The molecule has 0 aliphatic carbocycles.